The van der Waals surface area contributed by atoms with Crippen LogP contribution < -0.4 is 5.73 Å². The van der Waals surface area contributed by atoms with E-state index in [1.54, 1.807) is 18.2 Å². The molecule has 5 heteroatoms. The topological polar surface area (TPSA) is 60.2 Å². The van der Waals surface area contributed by atoms with Crippen LogP contribution in [-0.2, 0) is 21.3 Å². The summed E-state index contributed by atoms with van der Waals surface area (Å²) in [6.45, 7) is 3.94. The molecule has 0 unspecified atom stereocenters. The van der Waals surface area contributed by atoms with Crippen molar-refractivity contribution in [1.82, 2.24) is 0 Å². The molecule has 0 atom stereocenters. The zero-order valence-corrected chi connectivity index (χ0v) is 14.5. The summed E-state index contributed by atoms with van der Waals surface area (Å²) in [5.74, 6) is 0.0446. The third-order valence-electron chi connectivity index (χ3n) is 3.12. The van der Waals surface area contributed by atoms with E-state index in [1.807, 2.05) is 32.0 Å². The van der Waals surface area contributed by atoms with E-state index in [9.17, 15) is 8.42 Å². The van der Waals surface area contributed by atoms with Crippen LogP contribution >= 0.6 is 15.9 Å². The second-order valence-corrected chi connectivity index (χ2v) is 8.30. The van der Waals surface area contributed by atoms with Gasteiger partial charge in [-0.2, -0.15) is 0 Å². The van der Waals surface area contributed by atoms with Crippen molar-refractivity contribution in [1.29, 1.82) is 0 Å². The quantitative estimate of drug-likeness (QED) is 0.836. The smallest absolute Gasteiger partial charge is 0.158 e. The first-order valence-corrected chi connectivity index (χ1v) is 9.18. The molecule has 2 N–H and O–H groups in total. The Kier molecular flexibility index (Phi) is 4.74. The van der Waals surface area contributed by atoms with E-state index >= 15 is 0 Å². The Morgan fingerprint density at radius 1 is 0.952 bits per heavy atom. The summed E-state index contributed by atoms with van der Waals surface area (Å²) in [4.78, 5) is 0. The monoisotopic (exact) mass is 367 g/mol. The van der Waals surface area contributed by atoms with Crippen molar-refractivity contribution >= 4 is 31.5 Å². The van der Waals surface area contributed by atoms with E-state index in [-0.39, 0.29) is 11.5 Å². The van der Waals surface area contributed by atoms with Crippen LogP contribution in [0.5, 0.6) is 0 Å². The van der Waals surface area contributed by atoms with Crippen molar-refractivity contribution in [3.05, 3.63) is 63.1 Å². The fraction of sp³-hybridized carbons (Fsp3) is 0.250. The lowest BCUT2D eigenvalue weighted by atomic mass is 10.1. The number of hydrogen-bond donors (Lipinski definition) is 1. The van der Waals surface area contributed by atoms with Crippen LogP contribution in [0.2, 0.25) is 0 Å². The fourth-order valence-corrected chi connectivity index (χ4v) is 4.10. The molecule has 2 rings (SSSR count). The minimum atomic E-state index is -3.22. The summed E-state index contributed by atoms with van der Waals surface area (Å²) in [6.07, 6.45) is 0. The van der Waals surface area contributed by atoms with Crippen molar-refractivity contribution in [2.24, 2.45) is 0 Å². The van der Waals surface area contributed by atoms with E-state index in [0.717, 1.165) is 21.2 Å². The molecule has 0 aliphatic carbocycles. The molecule has 0 aliphatic rings. The predicted molar refractivity (Wildman–Crippen MR) is 90.8 cm³/mol. The molecule has 112 valence electrons. The first kappa shape index (κ1) is 16.0. The minimum absolute atomic E-state index is 0.00251. The van der Waals surface area contributed by atoms with Crippen LogP contribution in [-0.4, -0.2) is 8.42 Å². The SMILES string of the molecule is Cc1cc(C)cc(CS(=O)(=O)Cc2ccc(Br)c(N)c2)c1. The van der Waals surface area contributed by atoms with Crippen LogP contribution in [0.4, 0.5) is 5.69 Å². The molecule has 21 heavy (non-hydrogen) atoms. The van der Waals surface area contributed by atoms with E-state index < -0.39 is 9.84 Å². The number of benzene rings is 2. The van der Waals surface area contributed by atoms with Crippen LogP contribution in [0.15, 0.2) is 40.9 Å². The Morgan fingerprint density at radius 2 is 1.52 bits per heavy atom. The maximum atomic E-state index is 12.3. The van der Waals surface area contributed by atoms with Crippen molar-refractivity contribution in [3.63, 3.8) is 0 Å². The summed E-state index contributed by atoms with van der Waals surface area (Å²) in [5.41, 5.74) is 10.0. The van der Waals surface area contributed by atoms with Gasteiger partial charge in [-0.3, -0.25) is 0 Å². The van der Waals surface area contributed by atoms with Gasteiger partial charge in [0.2, 0.25) is 0 Å². The van der Waals surface area contributed by atoms with Gasteiger partial charge in [0.25, 0.3) is 0 Å². The number of aryl methyl sites for hydroxylation is 2. The van der Waals surface area contributed by atoms with Crippen molar-refractivity contribution in [2.75, 3.05) is 5.73 Å². The van der Waals surface area contributed by atoms with Gasteiger partial charge in [0.15, 0.2) is 9.84 Å². The highest BCUT2D eigenvalue weighted by atomic mass is 79.9. The molecule has 2 aromatic carbocycles. The Hall–Kier alpha value is -1.33. The summed E-state index contributed by atoms with van der Waals surface area (Å²) in [7, 11) is -3.22. The Morgan fingerprint density at radius 3 is 2.10 bits per heavy atom. The van der Waals surface area contributed by atoms with Crippen LogP contribution in [0.1, 0.15) is 22.3 Å². The number of sulfone groups is 1. The van der Waals surface area contributed by atoms with E-state index in [0.29, 0.717) is 11.3 Å². The minimum Gasteiger partial charge on any atom is -0.398 e. The number of nitrogens with two attached hydrogens (primary N) is 1. The molecular formula is C16H18BrNO2S. The average Bonchev–Trinajstić information content (AvgIpc) is 2.31. The molecule has 0 amide bonds. The van der Waals surface area contributed by atoms with Gasteiger partial charge < -0.3 is 5.73 Å². The van der Waals surface area contributed by atoms with Gasteiger partial charge in [0.1, 0.15) is 0 Å². The number of nitrogen functional groups attached to an aromatic ring is 1. The van der Waals surface area contributed by atoms with Gasteiger partial charge in [-0.25, -0.2) is 8.42 Å². The molecule has 0 aromatic heterocycles. The lowest BCUT2D eigenvalue weighted by Gasteiger charge is -2.08. The summed E-state index contributed by atoms with van der Waals surface area (Å²) < 4.78 is 25.4. The van der Waals surface area contributed by atoms with Crippen molar-refractivity contribution in [2.45, 2.75) is 25.4 Å². The van der Waals surface area contributed by atoms with Gasteiger partial charge in [-0.05, 0) is 53.0 Å². The molecule has 2 aromatic rings. The average molecular weight is 368 g/mol. The first-order chi connectivity index (χ1) is 9.75. The zero-order valence-electron chi connectivity index (χ0n) is 12.1. The molecule has 0 saturated heterocycles. The Bertz CT molecular complexity index is 750. The van der Waals surface area contributed by atoms with Crippen LogP contribution in [0, 0.1) is 13.8 Å². The Balaban J connectivity index is 2.20. The third-order valence-corrected chi connectivity index (χ3v) is 5.38. The largest absolute Gasteiger partial charge is 0.398 e. The summed E-state index contributed by atoms with van der Waals surface area (Å²) >= 11 is 3.30. The predicted octanol–water partition coefficient (Wildman–Crippen LogP) is 3.76. The molecule has 3 nitrogen and oxygen atoms in total. The number of hydrogen-bond acceptors (Lipinski definition) is 3. The third kappa shape index (κ3) is 4.58. The number of anilines is 1. The van der Waals surface area contributed by atoms with Gasteiger partial charge in [-0.15, -0.1) is 0 Å². The van der Waals surface area contributed by atoms with Crippen LogP contribution in [0.3, 0.4) is 0 Å². The van der Waals surface area contributed by atoms with Gasteiger partial charge in [0, 0.05) is 10.2 Å². The fourth-order valence-electron chi connectivity index (χ4n) is 2.39. The first-order valence-electron chi connectivity index (χ1n) is 6.57. The molecular weight excluding hydrogens is 350 g/mol. The number of rotatable bonds is 4. The summed E-state index contributed by atoms with van der Waals surface area (Å²) in [6, 6.07) is 11.1. The molecule has 0 bridgehead atoms. The normalized spacial score (nSPS) is 11.6. The lowest BCUT2D eigenvalue weighted by Crippen LogP contribution is -2.08. The van der Waals surface area contributed by atoms with E-state index in [4.69, 9.17) is 5.73 Å². The highest BCUT2D eigenvalue weighted by Gasteiger charge is 2.14. The highest BCUT2D eigenvalue weighted by Crippen LogP contribution is 2.22. The maximum absolute atomic E-state index is 12.3. The second-order valence-electron chi connectivity index (χ2n) is 5.38. The van der Waals surface area contributed by atoms with Gasteiger partial charge in [0.05, 0.1) is 11.5 Å². The van der Waals surface area contributed by atoms with E-state index in [1.165, 1.54) is 0 Å². The summed E-state index contributed by atoms with van der Waals surface area (Å²) in [5, 5.41) is 0. The van der Waals surface area contributed by atoms with Gasteiger partial charge >= 0.3 is 0 Å². The lowest BCUT2D eigenvalue weighted by molar-refractivity contribution is 0.594. The van der Waals surface area contributed by atoms with E-state index in [2.05, 4.69) is 15.9 Å². The van der Waals surface area contributed by atoms with Crippen LogP contribution in [0.25, 0.3) is 0 Å². The highest BCUT2D eigenvalue weighted by molar-refractivity contribution is 9.10. The molecule has 0 saturated carbocycles. The van der Waals surface area contributed by atoms with Gasteiger partial charge in [-0.1, -0.05) is 35.4 Å². The maximum Gasteiger partial charge on any atom is 0.158 e. The van der Waals surface area contributed by atoms with Crippen molar-refractivity contribution < 1.29 is 8.42 Å². The molecule has 0 spiro atoms. The molecule has 0 radical (unpaired) electrons. The standard InChI is InChI=1S/C16H18BrNO2S/c1-11-5-12(2)7-14(6-11)10-21(19,20)9-13-3-4-15(17)16(18)8-13/h3-8H,9-10,18H2,1-2H3. The molecule has 0 heterocycles. The second kappa shape index (κ2) is 6.20. The molecule has 0 fully saturated rings. The Labute approximate surface area is 134 Å². The molecule has 0 aliphatic heterocycles. The number of halogens is 1. The van der Waals surface area contributed by atoms with Crippen molar-refractivity contribution in [3.8, 4) is 0 Å². The zero-order chi connectivity index (χ0) is 15.6.